The van der Waals surface area contributed by atoms with Gasteiger partial charge in [-0.2, -0.15) is 0 Å². The normalized spacial score (nSPS) is 11.3. The highest BCUT2D eigenvalue weighted by Gasteiger charge is 2.13. The molecular formula is C12H19N3O3S. The van der Waals surface area contributed by atoms with Crippen molar-refractivity contribution in [3.63, 3.8) is 0 Å². The number of hydrogen-bond donors (Lipinski definition) is 3. The predicted octanol–water partition coefficient (Wildman–Crippen LogP) is -0.0660. The molecule has 1 rings (SSSR count). The zero-order valence-electron chi connectivity index (χ0n) is 11.1. The molecule has 0 unspecified atom stereocenters. The molecule has 6 nitrogen and oxygen atoms in total. The lowest BCUT2D eigenvalue weighted by atomic mass is 10.2. The number of hydrogen-bond acceptors (Lipinski definition) is 4. The van der Waals surface area contributed by atoms with Crippen molar-refractivity contribution in [2.45, 2.75) is 11.3 Å². The quantitative estimate of drug-likeness (QED) is 0.612. The highest BCUT2D eigenvalue weighted by atomic mass is 32.2. The van der Waals surface area contributed by atoms with E-state index in [1.807, 2.05) is 7.05 Å². The summed E-state index contributed by atoms with van der Waals surface area (Å²) in [6.07, 6.45) is 0.714. The second kappa shape index (κ2) is 7.22. The van der Waals surface area contributed by atoms with Gasteiger partial charge in [0.05, 0.1) is 4.90 Å². The monoisotopic (exact) mass is 285 g/mol. The van der Waals surface area contributed by atoms with Gasteiger partial charge < -0.3 is 10.6 Å². The van der Waals surface area contributed by atoms with E-state index in [9.17, 15) is 13.2 Å². The van der Waals surface area contributed by atoms with Crippen LogP contribution in [0.3, 0.4) is 0 Å². The van der Waals surface area contributed by atoms with E-state index in [0.29, 0.717) is 18.5 Å². The fraction of sp³-hybridized carbons (Fsp3) is 0.417. The van der Waals surface area contributed by atoms with Crippen LogP contribution in [0, 0.1) is 0 Å². The first-order chi connectivity index (χ1) is 9.01. The Bertz CT molecular complexity index is 512. The van der Waals surface area contributed by atoms with Crippen LogP contribution in [-0.4, -0.2) is 41.5 Å². The van der Waals surface area contributed by atoms with Crippen LogP contribution in [0.1, 0.15) is 16.8 Å². The SMILES string of the molecule is CNCCCNS(=O)(=O)c1ccc(C(=O)NC)cc1. The van der Waals surface area contributed by atoms with Gasteiger partial charge in [0.25, 0.3) is 5.91 Å². The topological polar surface area (TPSA) is 87.3 Å². The average Bonchev–Trinajstić information content (AvgIpc) is 2.43. The molecule has 7 heteroatoms. The molecule has 0 fully saturated rings. The summed E-state index contributed by atoms with van der Waals surface area (Å²) in [5.41, 5.74) is 0.427. The number of amides is 1. The molecule has 0 saturated heterocycles. The first kappa shape index (κ1) is 15.6. The molecule has 0 bridgehead atoms. The van der Waals surface area contributed by atoms with E-state index in [0.717, 1.165) is 6.54 Å². The molecule has 1 aromatic rings. The predicted molar refractivity (Wildman–Crippen MR) is 73.6 cm³/mol. The molecule has 0 aromatic heterocycles. The molecule has 0 radical (unpaired) electrons. The van der Waals surface area contributed by atoms with E-state index in [4.69, 9.17) is 0 Å². The van der Waals surface area contributed by atoms with Crippen LogP contribution in [0.4, 0.5) is 0 Å². The molecule has 106 valence electrons. The minimum absolute atomic E-state index is 0.157. The smallest absolute Gasteiger partial charge is 0.251 e. The summed E-state index contributed by atoms with van der Waals surface area (Å²) in [7, 11) is -0.164. The Morgan fingerprint density at radius 1 is 1.11 bits per heavy atom. The molecule has 19 heavy (non-hydrogen) atoms. The van der Waals surface area contributed by atoms with Gasteiger partial charge in [-0.1, -0.05) is 0 Å². The lowest BCUT2D eigenvalue weighted by Crippen LogP contribution is -2.27. The lowest BCUT2D eigenvalue weighted by Gasteiger charge is -2.07. The van der Waals surface area contributed by atoms with Gasteiger partial charge in [0.1, 0.15) is 0 Å². The number of carbonyl (C=O) groups excluding carboxylic acids is 1. The van der Waals surface area contributed by atoms with Crippen LogP contribution in [-0.2, 0) is 10.0 Å². The summed E-state index contributed by atoms with van der Waals surface area (Å²) in [6, 6.07) is 5.82. The number of nitrogens with one attached hydrogen (secondary N) is 3. The number of benzene rings is 1. The van der Waals surface area contributed by atoms with Crippen LogP contribution in [0.5, 0.6) is 0 Å². The van der Waals surface area contributed by atoms with Crippen molar-refractivity contribution >= 4 is 15.9 Å². The Balaban J connectivity index is 2.71. The maximum atomic E-state index is 11.9. The largest absolute Gasteiger partial charge is 0.355 e. The van der Waals surface area contributed by atoms with E-state index in [1.165, 1.54) is 31.3 Å². The molecule has 0 spiro atoms. The lowest BCUT2D eigenvalue weighted by molar-refractivity contribution is 0.0963. The third-order valence-electron chi connectivity index (χ3n) is 2.55. The molecule has 0 heterocycles. The first-order valence-corrected chi connectivity index (χ1v) is 7.46. The minimum Gasteiger partial charge on any atom is -0.355 e. The fourth-order valence-electron chi connectivity index (χ4n) is 1.48. The van der Waals surface area contributed by atoms with Gasteiger partial charge in [-0.3, -0.25) is 4.79 Å². The van der Waals surface area contributed by atoms with Crippen LogP contribution in [0.15, 0.2) is 29.2 Å². The Hall–Kier alpha value is -1.44. The summed E-state index contributed by atoms with van der Waals surface area (Å²) < 4.78 is 26.3. The molecule has 3 N–H and O–H groups in total. The van der Waals surface area contributed by atoms with E-state index in [2.05, 4.69) is 15.4 Å². The Labute approximate surface area is 113 Å². The van der Waals surface area contributed by atoms with Gasteiger partial charge >= 0.3 is 0 Å². The number of sulfonamides is 1. The molecule has 1 amide bonds. The van der Waals surface area contributed by atoms with Gasteiger partial charge in [-0.05, 0) is 44.3 Å². The van der Waals surface area contributed by atoms with Crippen molar-refractivity contribution < 1.29 is 13.2 Å². The van der Waals surface area contributed by atoms with Gasteiger partial charge in [0.2, 0.25) is 10.0 Å². The standard InChI is InChI=1S/C12H19N3O3S/c1-13-8-3-9-15-19(17,18)11-6-4-10(5-7-11)12(16)14-2/h4-7,13,15H,3,8-9H2,1-2H3,(H,14,16). The highest BCUT2D eigenvalue weighted by Crippen LogP contribution is 2.10. The summed E-state index contributed by atoms with van der Waals surface area (Å²) >= 11 is 0. The molecule has 0 atom stereocenters. The zero-order chi connectivity index (χ0) is 14.3. The summed E-state index contributed by atoms with van der Waals surface area (Å²) in [6.45, 7) is 1.12. The number of rotatable bonds is 7. The maximum Gasteiger partial charge on any atom is 0.251 e. The number of carbonyl (C=O) groups is 1. The van der Waals surface area contributed by atoms with Gasteiger partial charge in [-0.25, -0.2) is 13.1 Å². The highest BCUT2D eigenvalue weighted by molar-refractivity contribution is 7.89. The van der Waals surface area contributed by atoms with Gasteiger partial charge in [0, 0.05) is 19.2 Å². The summed E-state index contributed by atoms with van der Waals surface area (Å²) in [5.74, 6) is -0.245. The van der Waals surface area contributed by atoms with Crippen molar-refractivity contribution in [3.8, 4) is 0 Å². The van der Waals surface area contributed by atoms with Crippen molar-refractivity contribution in [3.05, 3.63) is 29.8 Å². The molecule has 0 aliphatic heterocycles. The average molecular weight is 285 g/mol. The van der Waals surface area contributed by atoms with Crippen molar-refractivity contribution in [1.29, 1.82) is 0 Å². The van der Waals surface area contributed by atoms with E-state index in [-0.39, 0.29) is 10.8 Å². The zero-order valence-corrected chi connectivity index (χ0v) is 11.9. The van der Waals surface area contributed by atoms with E-state index >= 15 is 0 Å². The van der Waals surface area contributed by atoms with Crippen LogP contribution >= 0.6 is 0 Å². The first-order valence-electron chi connectivity index (χ1n) is 5.97. The van der Waals surface area contributed by atoms with E-state index in [1.54, 1.807) is 0 Å². The maximum absolute atomic E-state index is 11.9. The Kier molecular flexibility index (Phi) is 5.94. The molecule has 0 aliphatic carbocycles. The third kappa shape index (κ3) is 4.62. The van der Waals surface area contributed by atoms with Gasteiger partial charge in [-0.15, -0.1) is 0 Å². The Morgan fingerprint density at radius 3 is 2.26 bits per heavy atom. The summed E-state index contributed by atoms with van der Waals surface area (Å²) in [5, 5.41) is 5.42. The van der Waals surface area contributed by atoms with Crippen molar-refractivity contribution in [1.82, 2.24) is 15.4 Å². The second-order valence-electron chi connectivity index (χ2n) is 3.96. The third-order valence-corrected chi connectivity index (χ3v) is 4.03. The van der Waals surface area contributed by atoms with Crippen LogP contribution in [0.25, 0.3) is 0 Å². The molecule has 0 saturated carbocycles. The second-order valence-corrected chi connectivity index (χ2v) is 5.73. The molecular weight excluding hydrogens is 266 g/mol. The molecule has 0 aliphatic rings. The summed E-state index contributed by atoms with van der Waals surface area (Å²) in [4.78, 5) is 11.5. The minimum atomic E-state index is -3.50. The fourth-order valence-corrected chi connectivity index (χ4v) is 2.56. The van der Waals surface area contributed by atoms with Crippen LogP contribution < -0.4 is 15.4 Å². The van der Waals surface area contributed by atoms with Gasteiger partial charge in [0.15, 0.2) is 0 Å². The van der Waals surface area contributed by atoms with Crippen LogP contribution in [0.2, 0.25) is 0 Å². The van der Waals surface area contributed by atoms with Crippen molar-refractivity contribution in [2.24, 2.45) is 0 Å². The van der Waals surface area contributed by atoms with E-state index < -0.39 is 10.0 Å². The molecule has 1 aromatic carbocycles. The Morgan fingerprint density at radius 2 is 1.74 bits per heavy atom. The van der Waals surface area contributed by atoms with Crippen molar-refractivity contribution in [2.75, 3.05) is 27.2 Å².